The van der Waals surface area contributed by atoms with Crippen molar-refractivity contribution >= 4 is 11.8 Å². The summed E-state index contributed by atoms with van der Waals surface area (Å²) in [6.45, 7) is 2.27. The van der Waals surface area contributed by atoms with Gasteiger partial charge < -0.3 is 0 Å². The Morgan fingerprint density at radius 1 is 0.800 bits per heavy atom. The highest BCUT2D eigenvalue weighted by Crippen LogP contribution is 2.19. The van der Waals surface area contributed by atoms with Gasteiger partial charge in [-0.25, -0.2) is 0 Å². The van der Waals surface area contributed by atoms with Gasteiger partial charge in [-0.3, -0.25) is 14.9 Å². The molecule has 0 saturated carbocycles. The zero-order valence-corrected chi connectivity index (χ0v) is 16.4. The maximum Gasteiger partial charge on any atom is 0.230 e. The SMILES string of the molecule is CCCCCCCC/C=C\CCCCCCCCC1CC(=O)NC1=O. The Bertz CT molecular complexity index is 389. The third-order valence-electron chi connectivity index (χ3n) is 5.13. The molecule has 2 amide bonds. The van der Waals surface area contributed by atoms with Crippen molar-refractivity contribution in [1.29, 1.82) is 0 Å². The maximum absolute atomic E-state index is 11.4. The van der Waals surface area contributed by atoms with E-state index < -0.39 is 0 Å². The van der Waals surface area contributed by atoms with Gasteiger partial charge in [-0.05, 0) is 32.1 Å². The monoisotopic (exact) mass is 349 g/mol. The van der Waals surface area contributed by atoms with Gasteiger partial charge in [-0.2, -0.15) is 0 Å². The Hall–Kier alpha value is -1.12. The first-order valence-corrected chi connectivity index (χ1v) is 10.7. The molecule has 0 aromatic carbocycles. The van der Waals surface area contributed by atoms with Crippen molar-refractivity contribution in [3.05, 3.63) is 12.2 Å². The Morgan fingerprint density at radius 2 is 1.32 bits per heavy atom. The van der Waals surface area contributed by atoms with Crippen LogP contribution in [0.3, 0.4) is 0 Å². The number of hydrogen-bond donors (Lipinski definition) is 1. The highest BCUT2D eigenvalue weighted by molar-refractivity contribution is 6.03. The first-order valence-electron chi connectivity index (χ1n) is 10.7. The molecule has 1 atom stereocenters. The summed E-state index contributed by atoms with van der Waals surface area (Å²) in [4.78, 5) is 22.5. The number of amides is 2. The molecule has 1 aliphatic heterocycles. The summed E-state index contributed by atoms with van der Waals surface area (Å²) < 4.78 is 0. The number of carbonyl (C=O) groups is 2. The van der Waals surface area contributed by atoms with Crippen LogP contribution in [0.2, 0.25) is 0 Å². The average Bonchev–Trinajstić information content (AvgIpc) is 2.92. The van der Waals surface area contributed by atoms with Crippen LogP contribution >= 0.6 is 0 Å². The Labute approximate surface area is 155 Å². The molecule has 1 heterocycles. The van der Waals surface area contributed by atoms with E-state index in [1.807, 2.05) is 0 Å². The van der Waals surface area contributed by atoms with E-state index in [2.05, 4.69) is 24.4 Å². The molecule has 25 heavy (non-hydrogen) atoms. The minimum absolute atomic E-state index is 0.0516. The zero-order valence-electron chi connectivity index (χ0n) is 16.4. The molecule has 3 heteroatoms. The molecular formula is C22H39NO2. The van der Waals surface area contributed by atoms with Crippen molar-refractivity contribution in [2.45, 2.75) is 110 Å². The minimum Gasteiger partial charge on any atom is -0.296 e. The first kappa shape index (κ1) is 21.9. The Balaban J connectivity index is 1.78. The van der Waals surface area contributed by atoms with E-state index in [-0.39, 0.29) is 17.7 Å². The van der Waals surface area contributed by atoms with Crippen LogP contribution in [-0.2, 0) is 9.59 Å². The van der Waals surface area contributed by atoms with Crippen molar-refractivity contribution in [2.24, 2.45) is 5.92 Å². The van der Waals surface area contributed by atoms with Crippen molar-refractivity contribution < 1.29 is 9.59 Å². The summed E-state index contributed by atoms with van der Waals surface area (Å²) in [6, 6.07) is 0. The molecule has 1 aliphatic rings. The summed E-state index contributed by atoms with van der Waals surface area (Å²) in [5.74, 6) is -0.207. The molecule has 1 unspecified atom stereocenters. The van der Waals surface area contributed by atoms with Crippen LogP contribution in [0.4, 0.5) is 0 Å². The lowest BCUT2D eigenvalue weighted by atomic mass is 9.99. The molecular weight excluding hydrogens is 310 g/mol. The molecule has 3 nitrogen and oxygen atoms in total. The average molecular weight is 350 g/mol. The summed E-state index contributed by atoms with van der Waals surface area (Å²) in [5, 5.41) is 2.39. The van der Waals surface area contributed by atoms with Crippen molar-refractivity contribution in [3.8, 4) is 0 Å². The molecule has 1 saturated heterocycles. The Kier molecular flexibility index (Phi) is 13.3. The fourth-order valence-electron chi connectivity index (χ4n) is 3.48. The number of unbranched alkanes of at least 4 members (excludes halogenated alkanes) is 12. The second kappa shape index (κ2) is 15.2. The highest BCUT2D eigenvalue weighted by Gasteiger charge is 2.29. The summed E-state index contributed by atoms with van der Waals surface area (Å²) >= 11 is 0. The molecule has 1 fully saturated rings. The van der Waals surface area contributed by atoms with Crippen LogP contribution in [-0.4, -0.2) is 11.8 Å². The van der Waals surface area contributed by atoms with Gasteiger partial charge in [-0.1, -0.05) is 83.3 Å². The van der Waals surface area contributed by atoms with E-state index in [0.29, 0.717) is 6.42 Å². The summed E-state index contributed by atoms with van der Waals surface area (Å²) in [7, 11) is 0. The smallest absolute Gasteiger partial charge is 0.230 e. The van der Waals surface area contributed by atoms with Gasteiger partial charge in [0.15, 0.2) is 0 Å². The summed E-state index contributed by atoms with van der Waals surface area (Å²) in [5.41, 5.74) is 0. The van der Waals surface area contributed by atoms with Gasteiger partial charge in [-0.15, -0.1) is 0 Å². The number of nitrogens with one attached hydrogen (secondary N) is 1. The van der Waals surface area contributed by atoms with Crippen molar-refractivity contribution in [1.82, 2.24) is 5.32 Å². The van der Waals surface area contributed by atoms with E-state index in [1.165, 1.54) is 83.5 Å². The van der Waals surface area contributed by atoms with Gasteiger partial charge in [0.25, 0.3) is 0 Å². The van der Waals surface area contributed by atoms with Crippen molar-refractivity contribution in [3.63, 3.8) is 0 Å². The third-order valence-corrected chi connectivity index (χ3v) is 5.13. The van der Waals surface area contributed by atoms with Crippen LogP contribution in [0, 0.1) is 5.92 Å². The van der Waals surface area contributed by atoms with Gasteiger partial charge in [0.05, 0.1) is 0 Å². The predicted octanol–water partition coefficient (Wildman–Crippen LogP) is 6.08. The molecule has 0 aliphatic carbocycles. The molecule has 0 aromatic heterocycles. The van der Waals surface area contributed by atoms with Gasteiger partial charge in [0, 0.05) is 12.3 Å². The van der Waals surface area contributed by atoms with E-state index in [9.17, 15) is 9.59 Å². The number of imide groups is 1. The normalized spacial score (nSPS) is 17.6. The van der Waals surface area contributed by atoms with E-state index in [4.69, 9.17) is 0 Å². The predicted molar refractivity (Wildman–Crippen MR) is 105 cm³/mol. The fourth-order valence-corrected chi connectivity index (χ4v) is 3.48. The van der Waals surface area contributed by atoms with Gasteiger partial charge >= 0.3 is 0 Å². The lowest BCUT2D eigenvalue weighted by Crippen LogP contribution is -2.21. The number of hydrogen-bond acceptors (Lipinski definition) is 2. The van der Waals surface area contributed by atoms with Crippen LogP contribution in [0.1, 0.15) is 110 Å². The molecule has 144 valence electrons. The van der Waals surface area contributed by atoms with Crippen LogP contribution in [0.15, 0.2) is 12.2 Å². The first-order chi connectivity index (χ1) is 12.2. The lowest BCUT2D eigenvalue weighted by molar-refractivity contribution is -0.125. The van der Waals surface area contributed by atoms with Crippen LogP contribution in [0.5, 0.6) is 0 Å². The maximum atomic E-state index is 11.4. The topological polar surface area (TPSA) is 46.2 Å². The standard InChI is InChI=1S/C22H39NO2/c1-2-3-4-5-6-7-8-9-10-11-12-13-14-15-16-17-18-20-19-21(24)23-22(20)25/h9-10,20H,2-8,11-19H2,1H3,(H,23,24,25)/b10-9-. The molecule has 0 spiro atoms. The highest BCUT2D eigenvalue weighted by atomic mass is 16.2. The number of carbonyl (C=O) groups excluding carboxylic acids is 2. The summed E-state index contributed by atoms with van der Waals surface area (Å²) in [6.07, 6.45) is 24.2. The lowest BCUT2D eigenvalue weighted by Gasteiger charge is -2.05. The Morgan fingerprint density at radius 3 is 1.84 bits per heavy atom. The number of allylic oxidation sites excluding steroid dienone is 2. The van der Waals surface area contributed by atoms with Crippen LogP contribution < -0.4 is 5.32 Å². The van der Waals surface area contributed by atoms with Crippen molar-refractivity contribution in [2.75, 3.05) is 0 Å². The van der Waals surface area contributed by atoms with E-state index >= 15 is 0 Å². The van der Waals surface area contributed by atoms with Crippen LogP contribution in [0.25, 0.3) is 0 Å². The number of rotatable bonds is 16. The zero-order chi connectivity index (χ0) is 18.2. The van der Waals surface area contributed by atoms with Gasteiger partial charge in [0.1, 0.15) is 0 Å². The molecule has 0 bridgehead atoms. The third kappa shape index (κ3) is 12.0. The quantitative estimate of drug-likeness (QED) is 0.209. The van der Waals surface area contributed by atoms with Gasteiger partial charge in [0.2, 0.25) is 11.8 Å². The molecule has 1 N–H and O–H groups in total. The second-order valence-corrected chi connectivity index (χ2v) is 7.54. The fraction of sp³-hybridized carbons (Fsp3) is 0.818. The minimum atomic E-state index is -0.0976. The second-order valence-electron chi connectivity index (χ2n) is 7.54. The molecule has 0 radical (unpaired) electrons. The molecule has 0 aromatic rings. The molecule has 1 rings (SSSR count). The van der Waals surface area contributed by atoms with E-state index in [0.717, 1.165) is 12.8 Å². The largest absolute Gasteiger partial charge is 0.296 e. The van der Waals surface area contributed by atoms with E-state index in [1.54, 1.807) is 0 Å².